The van der Waals surface area contributed by atoms with Crippen LogP contribution in [0.25, 0.3) is 0 Å². The number of imide groups is 1. The molecule has 66 valence electrons. The quantitative estimate of drug-likeness (QED) is 0.548. The van der Waals surface area contributed by atoms with E-state index >= 15 is 0 Å². The first-order chi connectivity index (χ1) is 5.74. The molecule has 3 amide bonds. The van der Waals surface area contributed by atoms with Gasteiger partial charge in [0.1, 0.15) is 12.3 Å². The van der Waals surface area contributed by atoms with Gasteiger partial charge in [0.05, 0.1) is 6.61 Å². The van der Waals surface area contributed by atoms with E-state index in [1.54, 1.807) is 0 Å². The Kier molecular flexibility index (Phi) is 1.54. The predicted octanol–water partition coefficient (Wildman–Crippen LogP) is -0.327. The van der Waals surface area contributed by atoms with Gasteiger partial charge in [0.15, 0.2) is 0 Å². The van der Waals surface area contributed by atoms with Crippen molar-refractivity contribution in [2.24, 2.45) is 0 Å². The molecule has 0 aromatic rings. The van der Waals surface area contributed by atoms with E-state index in [9.17, 15) is 9.59 Å². The molecule has 5 heteroatoms. The standard InChI is InChI=1S/C7H10N2O3/c1-2-5-9-4(3-12-5)6(10)8-7(9)11/h4-5H,2-3H2,1H3,(H,8,10,11). The minimum absolute atomic E-state index is 0.221. The number of hydrogen-bond acceptors (Lipinski definition) is 3. The van der Waals surface area contributed by atoms with Gasteiger partial charge in [-0.15, -0.1) is 0 Å². The molecule has 0 aliphatic carbocycles. The van der Waals surface area contributed by atoms with Crippen molar-refractivity contribution < 1.29 is 14.3 Å². The molecular formula is C7H10N2O3. The lowest BCUT2D eigenvalue weighted by atomic mass is 10.3. The fraction of sp³-hybridized carbons (Fsp3) is 0.714. The lowest BCUT2D eigenvalue weighted by molar-refractivity contribution is -0.120. The molecule has 2 aliphatic rings. The summed E-state index contributed by atoms with van der Waals surface area (Å²) in [5, 5.41) is 2.25. The van der Waals surface area contributed by atoms with Crippen molar-refractivity contribution in [2.45, 2.75) is 25.6 Å². The first-order valence-corrected chi connectivity index (χ1v) is 3.98. The van der Waals surface area contributed by atoms with Gasteiger partial charge < -0.3 is 4.74 Å². The number of hydrogen-bond donors (Lipinski definition) is 1. The summed E-state index contributed by atoms with van der Waals surface area (Å²) in [7, 11) is 0. The topological polar surface area (TPSA) is 58.6 Å². The van der Waals surface area contributed by atoms with Crippen LogP contribution >= 0.6 is 0 Å². The number of nitrogens with zero attached hydrogens (tertiary/aromatic N) is 1. The van der Waals surface area contributed by atoms with Crippen molar-refractivity contribution in [3.63, 3.8) is 0 Å². The zero-order valence-electron chi connectivity index (χ0n) is 6.74. The van der Waals surface area contributed by atoms with Crippen LogP contribution in [0.3, 0.4) is 0 Å². The normalized spacial score (nSPS) is 33.9. The Morgan fingerprint density at radius 3 is 3.08 bits per heavy atom. The van der Waals surface area contributed by atoms with E-state index in [0.717, 1.165) is 6.42 Å². The van der Waals surface area contributed by atoms with Crippen molar-refractivity contribution in [3.05, 3.63) is 0 Å². The van der Waals surface area contributed by atoms with E-state index in [2.05, 4.69) is 5.32 Å². The van der Waals surface area contributed by atoms with Gasteiger partial charge in [-0.1, -0.05) is 6.92 Å². The predicted molar refractivity (Wildman–Crippen MR) is 39.2 cm³/mol. The molecule has 0 spiro atoms. The molecule has 0 saturated carbocycles. The number of carbonyl (C=O) groups excluding carboxylic acids is 2. The molecule has 1 N–H and O–H groups in total. The molecule has 2 rings (SSSR count). The van der Waals surface area contributed by atoms with Crippen LogP contribution in [0.1, 0.15) is 13.3 Å². The lowest BCUT2D eigenvalue weighted by Gasteiger charge is -2.17. The largest absolute Gasteiger partial charge is 0.356 e. The number of urea groups is 1. The summed E-state index contributed by atoms with van der Waals surface area (Å²) in [6, 6.07) is -0.711. The molecule has 0 aromatic heterocycles. The van der Waals surface area contributed by atoms with Gasteiger partial charge in [-0.05, 0) is 6.42 Å². The Bertz CT molecular complexity index is 241. The summed E-state index contributed by atoms with van der Waals surface area (Å²) >= 11 is 0. The molecule has 0 bridgehead atoms. The van der Waals surface area contributed by atoms with Crippen LogP contribution in [-0.2, 0) is 9.53 Å². The zero-order chi connectivity index (χ0) is 8.72. The average Bonchev–Trinajstić information content (AvgIpc) is 2.55. The van der Waals surface area contributed by atoms with Crippen LogP contribution in [0.5, 0.6) is 0 Å². The highest BCUT2D eigenvalue weighted by Gasteiger charge is 2.47. The number of ether oxygens (including phenoxy) is 1. The molecule has 0 aromatic carbocycles. The molecule has 12 heavy (non-hydrogen) atoms. The highest BCUT2D eigenvalue weighted by molar-refractivity contribution is 6.04. The summed E-state index contributed by atoms with van der Waals surface area (Å²) in [6.07, 6.45) is 0.499. The van der Waals surface area contributed by atoms with E-state index in [4.69, 9.17) is 4.74 Å². The Morgan fingerprint density at radius 1 is 1.67 bits per heavy atom. The Hall–Kier alpha value is -1.10. The minimum atomic E-state index is -0.387. The maximum atomic E-state index is 11.1. The van der Waals surface area contributed by atoms with Crippen molar-refractivity contribution >= 4 is 11.9 Å². The van der Waals surface area contributed by atoms with Crippen molar-refractivity contribution in [2.75, 3.05) is 6.61 Å². The second kappa shape index (κ2) is 2.45. The molecule has 0 radical (unpaired) electrons. The summed E-state index contributed by atoms with van der Waals surface area (Å²) in [5.74, 6) is -0.240. The van der Waals surface area contributed by atoms with Crippen molar-refractivity contribution in [1.29, 1.82) is 0 Å². The zero-order valence-corrected chi connectivity index (χ0v) is 6.74. The van der Waals surface area contributed by atoms with Gasteiger partial charge in [0.2, 0.25) is 0 Å². The molecule has 2 atom stereocenters. The minimum Gasteiger partial charge on any atom is -0.356 e. The SMILES string of the molecule is CCC1OCC2C(=O)NC(=O)N12. The third-order valence-corrected chi connectivity index (χ3v) is 2.21. The average molecular weight is 170 g/mol. The first-order valence-electron chi connectivity index (χ1n) is 3.98. The van der Waals surface area contributed by atoms with Gasteiger partial charge >= 0.3 is 6.03 Å². The highest BCUT2D eigenvalue weighted by atomic mass is 16.5. The number of carbonyl (C=O) groups is 2. The van der Waals surface area contributed by atoms with Crippen LogP contribution < -0.4 is 5.32 Å². The number of fused-ring (bicyclic) bond motifs is 1. The second-order valence-corrected chi connectivity index (χ2v) is 2.91. The second-order valence-electron chi connectivity index (χ2n) is 2.91. The van der Waals surface area contributed by atoms with Gasteiger partial charge in [-0.2, -0.15) is 0 Å². The van der Waals surface area contributed by atoms with Crippen molar-refractivity contribution in [1.82, 2.24) is 10.2 Å². The molecule has 2 fully saturated rings. The number of amides is 3. The van der Waals surface area contributed by atoms with E-state index in [-0.39, 0.29) is 24.2 Å². The Labute approximate surface area is 69.7 Å². The smallest absolute Gasteiger partial charge is 0.326 e. The van der Waals surface area contributed by atoms with Crippen LogP contribution in [0, 0.1) is 0 Å². The third-order valence-electron chi connectivity index (χ3n) is 2.21. The van der Waals surface area contributed by atoms with Crippen LogP contribution in [-0.4, -0.2) is 35.7 Å². The van der Waals surface area contributed by atoms with Crippen LogP contribution in [0.15, 0.2) is 0 Å². The first kappa shape index (κ1) is 7.54. The summed E-state index contributed by atoms with van der Waals surface area (Å²) in [6.45, 7) is 2.25. The third kappa shape index (κ3) is 0.828. The van der Waals surface area contributed by atoms with E-state index < -0.39 is 0 Å². The summed E-state index contributed by atoms with van der Waals surface area (Å²) in [4.78, 5) is 23.7. The summed E-state index contributed by atoms with van der Waals surface area (Å²) < 4.78 is 5.25. The fourth-order valence-corrected chi connectivity index (χ4v) is 1.61. The number of rotatable bonds is 1. The molecule has 2 unspecified atom stereocenters. The van der Waals surface area contributed by atoms with Gasteiger partial charge in [-0.25, -0.2) is 4.79 Å². The molecule has 2 heterocycles. The molecular weight excluding hydrogens is 160 g/mol. The van der Waals surface area contributed by atoms with Crippen LogP contribution in [0.2, 0.25) is 0 Å². The highest BCUT2D eigenvalue weighted by Crippen LogP contribution is 2.23. The monoisotopic (exact) mass is 170 g/mol. The van der Waals surface area contributed by atoms with Gasteiger partial charge in [-0.3, -0.25) is 15.0 Å². The molecule has 2 saturated heterocycles. The molecule has 2 aliphatic heterocycles. The Morgan fingerprint density at radius 2 is 2.42 bits per heavy atom. The van der Waals surface area contributed by atoms with E-state index in [1.807, 2.05) is 6.92 Å². The van der Waals surface area contributed by atoms with Crippen molar-refractivity contribution in [3.8, 4) is 0 Å². The van der Waals surface area contributed by atoms with Crippen LogP contribution in [0.4, 0.5) is 4.79 Å². The maximum Gasteiger partial charge on any atom is 0.326 e. The van der Waals surface area contributed by atoms with E-state index in [1.165, 1.54) is 4.90 Å². The van der Waals surface area contributed by atoms with Gasteiger partial charge in [0, 0.05) is 0 Å². The lowest BCUT2D eigenvalue weighted by Crippen LogP contribution is -2.36. The fourth-order valence-electron chi connectivity index (χ4n) is 1.61. The summed E-state index contributed by atoms with van der Waals surface area (Å²) in [5.41, 5.74) is 0. The molecule has 5 nitrogen and oxygen atoms in total. The van der Waals surface area contributed by atoms with Gasteiger partial charge in [0.25, 0.3) is 5.91 Å². The Balaban J connectivity index is 2.22. The maximum absolute atomic E-state index is 11.1. The number of nitrogens with one attached hydrogen (secondary N) is 1. The van der Waals surface area contributed by atoms with E-state index in [0.29, 0.717) is 6.61 Å².